The van der Waals surface area contributed by atoms with Crippen LogP contribution in [0.2, 0.25) is 0 Å². The number of carbonyl (C=O) groups is 1. The lowest BCUT2D eigenvalue weighted by Crippen LogP contribution is -2.29. The summed E-state index contributed by atoms with van der Waals surface area (Å²) >= 11 is 0. The van der Waals surface area contributed by atoms with Gasteiger partial charge in [-0.25, -0.2) is 0 Å². The maximum atomic E-state index is 12.2. The van der Waals surface area contributed by atoms with E-state index >= 15 is 0 Å². The molecule has 6 heteroatoms. The number of aromatic amines is 1. The van der Waals surface area contributed by atoms with E-state index < -0.39 is 0 Å². The maximum Gasteiger partial charge on any atom is 0.276 e. The highest BCUT2D eigenvalue weighted by atomic mass is 16.2. The van der Waals surface area contributed by atoms with E-state index in [1.807, 2.05) is 12.1 Å². The van der Waals surface area contributed by atoms with Crippen molar-refractivity contribution in [1.82, 2.24) is 20.1 Å². The molecule has 100 valence electrons. The summed E-state index contributed by atoms with van der Waals surface area (Å²) in [6.45, 7) is 2.39. The van der Waals surface area contributed by atoms with E-state index in [4.69, 9.17) is 5.73 Å². The number of amides is 1. The number of rotatable bonds is 4. The molecule has 0 aliphatic heterocycles. The Bertz CT molecular complexity index is 564. The Morgan fingerprint density at radius 3 is 2.68 bits per heavy atom. The summed E-state index contributed by atoms with van der Waals surface area (Å²) in [5.41, 5.74) is 8.36. The van der Waals surface area contributed by atoms with Gasteiger partial charge >= 0.3 is 0 Å². The van der Waals surface area contributed by atoms with Gasteiger partial charge in [-0.2, -0.15) is 5.10 Å². The largest absolute Gasteiger partial charge is 0.395 e. The van der Waals surface area contributed by atoms with Gasteiger partial charge in [-0.05, 0) is 31.0 Å². The first-order chi connectivity index (χ1) is 9.09. The number of carbonyl (C=O) groups excluding carboxylic acids is 1. The lowest BCUT2D eigenvalue weighted by molar-refractivity contribution is 0.0792. The zero-order valence-electron chi connectivity index (χ0n) is 11.1. The van der Waals surface area contributed by atoms with Crippen molar-refractivity contribution < 1.29 is 4.79 Å². The van der Waals surface area contributed by atoms with Gasteiger partial charge in [0.2, 0.25) is 0 Å². The van der Waals surface area contributed by atoms with Crippen LogP contribution in [0.15, 0.2) is 24.5 Å². The van der Waals surface area contributed by atoms with E-state index in [0.717, 1.165) is 12.0 Å². The van der Waals surface area contributed by atoms with Crippen molar-refractivity contribution in [3.8, 4) is 0 Å². The fourth-order valence-electron chi connectivity index (χ4n) is 1.73. The zero-order valence-corrected chi connectivity index (χ0v) is 11.1. The molecule has 2 heterocycles. The van der Waals surface area contributed by atoms with E-state index in [0.29, 0.717) is 17.9 Å². The van der Waals surface area contributed by atoms with Gasteiger partial charge in [0.25, 0.3) is 5.91 Å². The van der Waals surface area contributed by atoms with Gasteiger partial charge in [0.1, 0.15) is 0 Å². The molecule has 6 nitrogen and oxygen atoms in total. The van der Waals surface area contributed by atoms with Crippen molar-refractivity contribution >= 4 is 11.6 Å². The van der Waals surface area contributed by atoms with Crippen molar-refractivity contribution in [3.63, 3.8) is 0 Å². The Labute approximate surface area is 111 Å². The number of pyridine rings is 1. The molecular weight excluding hydrogens is 242 g/mol. The minimum Gasteiger partial charge on any atom is -0.395 e. The molecular formula is C13H17N5O. The van der Waals surface area contributed by atoms with Gasteiger partial charge in [-0.15, -0.1) is 0 Å². The number of likely N-dealkylation sites (N-methyl/N-ethyl adjacent to an activating group) is 1. The first-order valence-electron chi connectivity index (χ1n) is 6.04. The average Bonchev–Trinajstić information content (AvgIpc) is 2.77. The van der Waals surface area contributed by atoms with Gasteiger partial charge < -0.3 is 10.6 Å². The van der Waals surface area contributed by atoms with Crippen LogP contribution in [0.1, 0.15) is 21.7 Å². The lowest BCUT2D eigenvalue weighted by Gasteiger charge is -2.16. The van der Waals surface area contributed by atoms with Gasteiger partial charge in [0.15, 0.2) is 5.69 Å². The maximum absolute atomic E-state index is 12.2. The number of aryl methyl sites for hydroxylation is 1. The summed E-state index contributed by atoms with van der Waals surface area (Å²) in [5, 5.41) is 6.66. The Balaban J connectivity index is 1.98. The second-order valence-corrected chi connectivity index (χ2v) is 4.44. The van der Waals surface area contributed by atoms with Crippen LogP contribution in [0, 0.1) is 6.92 Å². The summed E-state index contributed by atoms with van der Waals surface area (Å²) in [4.78, 5) is 17.7. The number of hydrogen-bond donors (Lipinski definition) is 2. The molecule has 0 bridgehead atoms. The topological polar surface area (TPSA) is 87.9 Å². The van der Waals surface area contributed by atoms with Gasteiger partial charge in [0.05, 0.1) is 11.4 Å². The van der Waals surface area contributed by atoms with E-state index in [1.54, 1.807) is 31.3 Å². The molecule has 0 aliphatic carbocycles. The van der Waals surface area contributed by atoms with Crippen LogP contribution >= 0.6 is 0 Å². The molecule has 1 amide bonds. The molecule has 2 aromatic rings. The third-order valence-corrected chi connectivity index (χ3v) is 3.03. The lowest BCUT2D eigenvalue weighted by atomic mass is 10.2. The van der Waals surface area contributed by atoms with Crippen LogP contribution < -0.4 is 5.73 Å². The SMILES string of the molecule is Cc1[nH]nc(C(=O)N(C)CCc2ccncc2)c1N. The van der Waals surface area contributed by atoms with E-state index in [-0.39, 0.29) is 11.6 Å². The first kappa shape index (κ1) is 13.1. The summed E-state index contributed by atoms with van der Waals surface area (Å²) in [5.74, 6) is -0.170. The third kappa shape index (κ3) is 2.90. The minimum atomic E-state index is -0.170. The second-order valence-electron chi connectivity index (χ2n) is 4.44. The molecule has 19 heavy (non-hydrogen) atoms. The van der Waals surface area contributed by atoms with Crippen molar-refractivity contribution in [3.05, 3.63) is 41.5 Å². The summed E-state index contributed by atoms with van der Waals surface area (Å²) in [6.07, 6.45) is 4.26. The predicted octanol–water partition coefficient (Wildman–Crippen LogP) is 1.01. The monoisotopic (exact) mass is 259 g/mol. The predicted molar refractivity (Wildman–Crippen MR) is 72.6 cm³/mol. The molecule has 2 aromatic heterocycles. The molecule has 0 fully saturated rings. The molecule has 2 rings (SSSR count). The number of nitrogen functional groups attached to an aromatic ring is 1. The number of H-pyrrole nitrogens is 1. The molecule has 0 radical (unpaired) electrons. The number of nitrogens with zero attached hydrogens (tertiary/aromatic N) is 3. The highest BCUT2D eigenvalue weighted by Gasteiger charge is 2.18. The van der Waals surface area contributed by atoms with Crippen molar-refractivity contribution in [2.45, 2.75) is 13.3 Å². The highest BCUT2D eigenvalue weighted by Crippen LogP contribution is 2.14. The number of nitrogens with one attached hydrogen (secondary N) is 1. The molecule has 0 unspecified atom stereocenters. The third-order valence-electron chi connectivity index (χ3n) is 3.03. The number of nitrogens with two attached hydrogens (primary N) is 1. The summed E-state index contributed by atoms with van der Waals surface area (Å²) in [6, 6.07) is 3.87. The molecule has 0 aromatic carbocycles. The minimum absolute atomic E-state index is 0.170. The van der Waals surface area contributed by atoms with Crippen LogP contribution in [-0.4, -0.2) is 39.6 Å². The second kappa shape index (κ2) is 5.51. The Kier molecular flexibility index (Phi) is 3.79. The van der Waals surface area contributed by atoms with Crippen molar-refractivity contribution in [1.29, 1.82) is 0 Å². The molecule has 0 saturated heterocycles. The van der Waals surface area contributed by atoms with Crippen LogP contribution in [0.3, 0.4) is 0 Å². The molecule has 0 aliphatic rings. The quantitative estimate of drug-likeness (QED) is 0.857. The van der Waals surface area contributed by atoms with Crippen LogP contribution in [0.5, 0.6) is 0 Å². The molecule has 3 N–H and O–H groups in total. The highest BCUT2D eigenvalue weighted by molar-refractivity contribution is 5.97. The molecule has 0 saturated carbocycles. The summed E-state index contributed by atoms with van der Waals surface area (Å²) in [7, 11) is 1.74. The Morgan fingerprint density at radius 2 is 2.11 bits per heavy atom. The Morgan fingerprint density at radius 1 is 1.42 bits per heavy atom. The van der Waals surface area contributed by atoms with Gasteiger partial charge in [-0.1, -0.05) is 0 Å². The van der Waals surface area contributed by atoms with Crippen LogP contribution in [-0.2, 0) is 6.42 Å². The molecule has 0 atom stereocenters. The van der Waals surface area contributed by atoms with E-state index in [1.165, 1.54) is 0 Å². The molecule has 0 spiro atoms. The zero-order chi connectivity index (χ0) is 13.8. The Hall–Kier alpha value is -2.37. The number of anilines is 1. The van der Waals surface area contributed by atoms with Gasteiger partial charge in [-0.3, -0.25) is 14.9 Å². The van der Waals surface area contributed by atoms with E-state index in [2.05, 4.69) is 15.2 Å². The fraction of sp³-hybridized carbons (Fsp3) is 0.308. The smallest absolute Gasteiger partial charge is 0.276 e. The normalized spacial score (nSPS) is 10.4. The van der Waals surface area contributed by atoms with E-state index in [9.17, 15) is 4.79 Å². The average molecular weight is 259 g/mol. The number of hydrogen-bond acceptors (Lipinski definition) is 4. The fourth-order valence-corrected chi connectivity index (χ4v) is 1.73. The van der Waals surface area contributed by atoms with Gasteiger partial charge in [0, 0.05) is 26.0 Å². The standard InChI is InChI=1S/C13H17N5O/c1-9-11(14)12(17-16-9)13(19)18(2)8-5-10-3-6-15-7-4-10/h3-4,6-7H,5,8,14H2,1-2H3,(H,16,17). The summed E-state index contributed by atoms with van der Waals surface area (Å²) < 4.78 is 0. The number of aromatic nitrogens is 3. The van der Waals surface area contributed by atoms with Crippen LogP contribution in [0.25, 0.3) is 0 Å². The first-order valence-corrected chi connectivity index (χ1v) is 6.04. The van der Waals surface area contributed by atoms with Crippen molar-refractivity contribution in [2.75, 3.05) is 19.3 Å². The van der Waals surface area contributed by atoms with Crippen molar-refractivity contribution in [2.24, 2.45) is 0 Å². The van der Waals surface area contributed by atoms with Crippen LogP contribution in [0.4, 0.5) is 5.69 Å².